The number of aryl methyl sites for hydroxylation is 1. The van der Waals surface area contributed by atoms with Crippen LogP contribution in [-0.4, -0.2) is 41.9 Å². The quantitative estimate of drug-likeness (QED) is 0.743. The summed E-state index contributed by atoms with van der Waals surface area (Å²) >= 11 is 0. The highest BCUT2D eigenvalue weighted by Crippen LogP contribution is 2.21. The second kappa shape index (κ2) is 6.51. The van der Waals surface area contributed by atoms with E-state index < -0.39 is 0 Å². The zero-order chi connectivity index (χ0) is 14.5. The fraction of sp³-hybridized carbons (Fsp3) is 0.615. The van der Waals surface area contributed by atoms with E-state index in [0.29, 0.717) is 13.1 Å². The molecule has 2 heterocycles. The van der Waals surface area contributed by atoms with E-state index in [4.69, 9.17) is 5.73 Å². The van der Waals surface area contributed by atoms with Gasteiger partial charge in [0.25, 0.3) is 5.56 Å². The van der Waals surface area contributed by atoms with Gasteiger partial charge < -0.3 is 16.0 Å². The van der Waals surface area contributed by atoms with Gasteiger partial charge in [-0.25, -0.2) is 4.68 Å². The number of anilines is 1. The smallest absolute Gasteiger partial charge is 0.266 e. The van der Waals surface area contributed by atoms with Crippen LogP contribution in [-0.2, 0) is 11.8 Å². The Hall–Kier alpha value is -1.89. The number of carbonyl (C=O) groups is 1. The number of hydrogen-bond acceptors (Lipinski definition) is 5. The molecule has 1 aromatic rings. The van der Waals surface area contributed by atoms with E-state index in [1.165, 1.54) is 10.7 Å². The maximum atomic E-state index is 11.9. The predicted octanol–water partition coefficient (Wildman–Crippen LogP) is -0.928. The number of nitrogens with two attached hydrogens (primary N) is 1. The monoisotopic (exact) mass is 279 g/mol. The molecule has 0 atom stereocenters. The van der Waals surface area contributed by atoms with Gasteiger partial charge in [0.15, 0.2) is 0 Å². The molecule has 2 rings (SSSR count). The zero-order valence-electron chi connectivity index (χ0n) is 11.7. The molecule has 0 saturated carbocycles. The summed E-state index contributed by atoms with van der Waals surface area (Å²) in [5, 5.41) is 7.06. The molecule has 110 valence electrons. The number of carbonyl (C=O) groups excluding carboxylic acids is 1. The normalized spacial score (nSPS) is 16.2. The van der Waals surface area contributed by atoms with Gasteiger partial charge in [-0.05, 0) is 18.9 Å². The van der Waals surface area contributed by atoms with Gasteiger partial charge in [0.05, 0.1) is 0 Å². The summed E-state index contributed by atoms with van der Waals surface area (Å²) in [6.07, 6.45) is 1.59. The van der Waals surface area contributed by atoms with Gasteiger partial charge in [-0.3, -0.25) is 9.59 Å². The number of nitrogens with one attached hydrogen (secondary N) is 1. The summed E-state index contributed by atoms with van der Waals surface area (Å²) in [5.41, 5.74) is 5.25. The number of piperidine rings is 1. The van der Waals surface area contributed by atoms with Crippen molar-refractivity contribution in [3.8, 4) is 0 Å². The predicted molar refractivity (Wildman–Crippen MR) is 76.5 cm³/mol. The maximum absolute atomic E-state index is 11.9. The van der Waals surface area contributed by atoms with E-state index in [9.17, 15) is 9.59 Å². The molecule has 3 N–H and O–H groups in total. The average molecular weight is 279 g/mol. The Morgan fingerprint density at radius 1 is 1.45 bits per heavy atom. The highest BCUT2D eigenvalue weighted by Gasteiger charge is 2.25. The lowest BCUT2D eigenvalue weighted by Crippen LogP contribution is -2.42. The van der Waals surface area contributed by atoms with Crippen molar-refractivity contribution in [2.45, 2.75) is 12.8 Å². The Morgan fingerprint density at radius 3 is 2.75 bits per heavy atom. The molecular formula is C13H21N5O2. The Morgan fingerprint density at radius 2 is 2.15 bits per heavy atom. The number of nitrogens with zero attached hydrogens (tertiary/aromatic N) is 3. The minimum absolute atomic E-state index is 0.0466. The van der Waals surface area contributed by atoms with Crippen LogP contribution >= 0.6 is 0 Å². The van der Waals surface area contributed by atoms with E-state index in [0.717, 1.165) is 31.7 Å². The fourth-order valence-corrected chi connectivity index (χ4v) is 2.37. The Labute approximate surface area is 117 Å². The van der Waals surface area contributed by atoms with Gasteiger partial charge in [-0.15, -0.1) is 0 Å². The first-order chi connectivity index (χ1) is 9.61. The van der Waals surface area contributed by atoms with Crippen molar-refractivity contribution in [1.29, 1.82) is 0 Å². The second-order valence-corrected chi connectivity index (χ2v) is 4.99. The van der Waals surface area contributed by atoms with E-state index in [-0.39, 0.29) is 17.4 Å². The lowest BCUT2D eigenvalue weighted by Gasteiger charge is -2.32. The molecule has 0 aromatic carbocycles. The summed E-state index contributed by atoms with van der Waals surface area (Å²) < 4.78 is 1.33. The molecule has 0 unspecified atom stereocenters. The molecular weight excluding hydrogens is 258 g/mol. The highest BCUT2D eigenvalue weighted by atomic mass is 16.2. The van der Waals surface area contributed by atoms with Gasteiger partial charge in [-0.2, -0.15) is 5.10 Å². The van der Waals surface area contributed by atoms with Gasteiger partial charge in [0.2, 0.25) is 5.91 Å². The van der Waals surface area contributed by atoms with Crippen LogP contribution in [0.15, 0.2) is 16.9 Å². The summed E-state index contributed by atoms with van der Waals surface area (Å²) in [5.74, 6) is 0.918. The van der Waals surface area contributed by atoms with Crippen LogP contribution in [0.3, 0.4) is 0 Å². The van der Waals surface area contributed by atoms with E-state index in [1.807, 2.05) is 0 Å². The van der Waals surface area contributed by atoms with E-state index >= 15 is 0 Å². The van der Waals surface area contributed by atoms with Gasteiger partial charge in [0.1, 0.15) is 5.82 Å². The molecule has 1 amide bonds. The van der Waals surface area contributed by atoms with Crippen molar-refractivity contribution < 1.29 is 4.79 Å². The Bertz CT molecular complexity index is 520. The van der Waals surface area contributed by atoms with Crippen LogP contribution < -0.4 is 21.5 Å². The van der Waals surface area contributed by atoms with E-state index in [2.05, 4.69) is 15.3 Å². The van der Waals surface area contributed by atoms with Crippen LogP contribution in [0.5, 0.6) is 0 Å². The van der Waals surface area contributed by atoms with Gasteiger partial charge >= 0.3 is 0 Å². The van der Waals surface area contributed by atoms with Crippen LogP contribution in [0.1, 0.15) is 12.8 Å². The molecule has 1 aliphatic heterocycles. The number of aromatic nitrogens is 2. The minimum Gasteiger partial charge on any atom is -0.355 e. The maximum Gasteiger partial charge on any atom is 0.266 e. The third-order valence-electron chi connectivity index (χ3n) is 3.58. The van der Waals surface area contributed by atoms with Crippen LogP contribution in [0.25, 0.3) is 0 Å². The molecule has 7 heteroatoms. The summed E-state index contributed by atoms with van der Waals surface area (Å²) in [7, 11) is 1.64. The second-order valence-electron chi connectivity index (χ2n) is 4.99. The first-order valence-electron chi connectivity index (χ1n) is 6.89. The summed E-state index contributed by atoms with van der Waals surface area (Å²) in [4.78, 5) is 25.3. The molecule has 0 radical (unpaired) electrons. The van der Waals surface area contributed by atoms with Crippen LogP contribution in [0.4, 0.5) is 5.82 Å². The fourth-order valence-electron chi connectivity index (χ4n) is 2.37. The number of amides is 1. The summed E-state index contributed by atoms with van der Waals surface area (Å²) in [6.45, 7) is 2.53. The van der Waals surface area contributed by atoms with Crippen LogP contribution in [0.2, 0.25) is 0 Å². The molecule has 0 aliphatic carbocycles. The lowest BCUT2D eigenvalue weighted by atomic mass is 9.96. The lowest BCUT2D eigenvalue weighted by molar-refractivity contribution is -0.125. The zero-order valence-corrected chi connectivity index (χ0v) is 11.7. The Balaban J connectivity index is 1.92. The largest absolute Gasteiger partial charge is 0.355 e. The van der Waals surface area contributed by atoms with Crippen molar-refractivity contribution in [2.75, 3.05) is 31.1 Å². The topological polar surface area (TPSA) is 93.2 Å². The van der Waals surface area contributed by atoms with E-state index in [1.54, 1.807) is 13.1 Å². The molecule has 0 bridgehead atoms. The molecule has 1 saturated heterocycles. The molecule has 7 nitrogen and oxygen atoms in total. The standard InChI is InChI=1S/C13H21N5O2/c1-17-12(19)3-2-11(16-17)18-8-4-10(5-9-18)13(20)15-7-6-14/h2-3,10H,4-9,14H2,1H3,(H,15,20). The highest BCUT2D eigenvalue weighted by molar-refractivity contribution is 5.78. The van der Waals surface area contributed by atoms with Gasteiger partial charge in [-0.1, -0.05) is 0 Å². The molecule has 1 fully saturated rings. The van der Waals surface area contributed by atoms with Crippen molar-refractivity contribution in [3.63, 3.8) is 0 Å². The first kappa shape index (κ1) is 14.5. The van der Waals surface area contributed by atoms with Crippen molar-refractivity contribution >= 4 is 11.7 Å². The van der Waals surface area contributed by atoms with Crippen LogP contribution in [0, 0.1) is 5.92 Å². The molecule has 1 aromatic heterocycles. The number of hydrogen-bond donors (Lipinski definition) is 2. The summed E-state index contributed by atoms with van der Waals surface area (Å²) in [6, 6.07) is 3.25. The number of rotatable bonds is 4. The van der Waals surface area contributed by atoms with Crippen molar-refractivity contribution in [3.05, 3.63) is 22.5 Å². The average Bonchev–Trinajstić information content (AvgIpc) is 2.48. The van der Waals surface area contributed by atoms with Crippen molar-refractivity contribution in [1.82, 2.24) is 15.1 Å². The Kier molecular flexibility index (Phi) is 4.73. The molecule has 0 spiro atoms. The molecule has 20 heavy (non-hydrogen) atoms. The van der Waals surface area contributed by atoms with Gasteiger partial charge in [0, 0.05) is 45.2 Å². The first-order valence-corrected chi connectivity index (χ1v) is 6.89. The van der Waals surface area contributed by atoms with Crippen molar-refractivity contribution in [2.24, 2.45) is 18.7 Å². The molecule has 1 aliphatic rings. The SMILES string of the molecule is Cn1nc(N2CCC(C(=O)NCCN)CC2)ccc1=O. The minimum atomic E-state index is -0.121. The third kappa shape index (κ3) is 3.36. The third-order valence-corrected chi connectivity index (χ3v) is 3.58.